The van der Waals surface area contributed by atoms with E-state index in [9.17, 15) is 13.2 Å². The molecule has 0 fully saturated rings. The van der Waals surface area contributed by atoms with Gasteiger partial charge in [-0.05, 0) is 25.1 Å². The largest absolute Gasteiger partial charge is 0.439 e. The van der Waals surface area contributed by atoms with E-state index >= 15 is 0 Å². The molecule has 0 saturated heterocycles. The molecule has 0 atom stereocenters. The van der Waals surface area contributed by atoms with E-state index in [1.54, 1.807) is 6.92 Å². The summed E-state index contributed by atoms with van der Waals surface area (Å²) in [5.41, 5.74) is 5.11. The summed E-state index contributed by atoms with van der Waals surface area (Å²) in [5.74, 6) is 0.206. The van der Waals surface area contributed by atoms with Gasteiger partial charge in [0, 0.05) is 18.8 Å². The highest BCUT2D eigenvalue weighted by Crippen LogP contribution is 2.31. The summed E-state index contributed by atoms with van der Waals surface area (Å²) in [6.45, 7) is 1.63. The number of aliphatic imine (C=N–C) groups is 1. The van der Waals surface area contributed by atoms with E-state index in [2.05, 4.69) is 4.99 Å². The van der Waals surface area contributed by atoms with E-state index in [0.717, 1.165) is 12.1 Å². The molecule has 0 unspecified atom stereocenters. The Kier molecular flexibility index (Phi) is 4.36. The fourth-order valence-corrected chi connectivity index (χ4v) is 1.19. The number of nitrogens with two attached hydrogens (primary N) is 1. The maximum Gasteiger partial charge on any atom is 0.416 e. The number of benzene rings is 1. The molecule has 6 heteroatoms. The lowest BCUT2D eigenvalue weighted by molar-refractivity contribution is -0.137. The molecule has 3 nitrogen and oxygen atoms in total. The molecule has 0 aliphatic heterocycles. The molecule has 1 aromatic carbocycles. The molecule has 0 bridgehead atoms. The van der Waals surface area contributed by atoms with Crippen molar-refractivity contribution in [3.63, 3.8) is 0 Å². The van der Waals surface area contributed by atoms with E-state index in [4.69, 9.17) is 10.5 Å². The van der Waals surface area contributed by atoms with Gasteiger partial charge in [-0.25, -0.2) is 0 Å². The van der Waals surface area contributed by atoms with E-state index in [1.807, 2.05) is 0 Å². The standard InChI is InChI=1S/C12H13F3N2O/c1-8(16)6-11(17-2)18-10-5-3-4-9(7-10)12(13,14)15/h3-7H,16H2,1-2H3/b8-6-,17-11?. The topological polar surface area (TPSA) is 47.6 Å². The van der Waals surface area contributed by atoms with Crippen LogP contribution in [-0.4, -0.2) is 12.9 Å². The summed E-state index contributed by atoms with van der Waals surface area (Å²) in [5, 5.41) is 0. The monoisotopic (exact) mass is 258 g/mol. The third kappa shape index (κ3) is 4.12. The Hall–Kier alpha value is -1.98. The van der Waals surface area contributed by atoms with Crippen molar-refractivity contribution in [3.05, 3.63) is 41.6 Å². The fraction of sp³-hybridized carbons (Fsp3) is 0.250. The SMILES string of the molecule is CN=C(/C=C(/C)N)Oc1cccc(C(F)(F)F)c1. The van der Waals surface area contributed by atoms with Crippen LogP contribution in [0.4, 0.5) is 13.2 Å². The molecule has 98 valence electrons. The molecule has 0 aliphatic rings. The molecule has 0 amide bonds. The average molecular weight is 258 g/mol. The second-order valence-electron chi connectivity index (χ2n) is 3.58. The first-order valence-electron chi connectivity index (χ1n) is 5.08. The van der Waals surface area contributed by atoms with Crippen molar-refractivity contribution in [2.45, 2.75) is 13.1 Å². The van der Waals surface area contributed by atoms with Crippen molar-refractivity contribution in [3.8, 4) is 5.75 Å². The Morgan fingerprint density at radius 2 is 2.06 bits per heavy atom. The van der Waals surface area contributed by atoms with Gasteiger partial charge in [-0.15, -0.1) is 0 Å². The van der Waals surface area contributed by atoms with Crippen molar-refractivity contribution in [2.24, 2.45) is 10.7 Å². The van der Waals surface area contributed by atoms with Gasteiger partial charge in [0.1, 0.15) is 5.75 Å². The molecular weight excluding hydrogens is 245 g/mol. The van der Waals surface area contributed by atoms with Crippen LogP contribution in [0, 0.1) is 0 Å². The minimum atomic E-state index is -4.40. The lowest BCUT2D eigenvalue weighted by atomic mass is 10.2. The number of halogens is 3. The van der Waals surface area contributed by atoms with Crippen LogP contribution < -0.4 is 10.5 Å². The Labute approximate surface area is 103 Å². The van der Waals surface area contributed by atoms with Crippen molar-refractivity contribution < 1.29 is 17.9 Å². The molecule has 1 aromatic rings. The zero-order chi connectivity index (χ0) is 13.8. The van der Waals surface area contributed by atoms with Crippen molar-refractivity contribution in [1.29, 1.82) is 0 Å². The Morgan fingerprint density at radius 1 is 1.39 bits per heavy atom. The van der Waals surface area contributed by atoms with Crippen LogP contribution in [0.1, 0.15) is 12.5 Å². The number of hydrogen-bond acceptors (Lipinski definition) is 3. The quantitative estimate of drug-likeness (QED) is 0.654. The molecule has 1 rings (SSSR count). The minimum Gasteiger partial charge on any atom is -0.439 e. The van der Waals surface area contributed by atoms with Crippen LogP contribution in [0.25, 0.3) is 0 Å². The van der Waals surface area contributed by atoms with E-state index < -0.39 is 11.7 Å². The zero-order valence-corrected chi connectivity index (χ0v) is 9.95. The molecule has 0 aromatic heterocycles. The first kappa shape index (κ1) is 14.1. The number of allylic oxidation sites excluding steroid dienone is 1. The number of alkyl halides is 3. The molecule has 0 saturated carbocycles. The van der Waals surface area contributed by atoms with Crippen LogP contribution in [-0.2, 0) is 6.18 Å². The third-order valence-electron chi connectivity index (χ3n) is 1.96. The second kappa shape index (κ2) is 5.57. The van der Waals surface area contributed by atoms with Gasteiger partial charge < -0.3 is 10.5 Å². The molecule has 0 heterocycles. The maximum atomic E-state index is 12.5. The highest BCUT2D eigenvalue weighted by molar-refractivity contribution is 5.89. The van der Waals surface area contributed by atoms with Crippen LogP contribution in [0.15, 0.2) is 41.0 Å². The predicted octanol–water partition coefficient (Wildman–Crippen LogP) is 2.98. The van der Waals surface area contributed by atoms with E-state index in [0.29, 0.717) is 5.70 Å². The highest BCUT2D eigenvalue weighted by atomic mass is 19.4. The number of ether oxygens (including phenoxy) is 1. The van der Waals surface area contributed by atoms with Gasteiger partial charge in [0.15, 0.2) is 0 Å². The number of nitrogens with zero attached hydrogens (tertiary/aromatic N) is 1. The Balaban J connectivity index is 2.95. The Bertz CT molecular complexity index is 474. The maximum absolute atomic E-state index is 12.5. The summed E-state index contributed by atoms with van der Waals surface area (Å²) >= 11 is 0. The van der Waals surface area contributed by atoms with Gasteiger partial charge in [0.25, 0.3) is 0 Å². The number of rotatable bonds is 2. The lowest BCUT2D eigenvalue weighted by Gasteiger charge is -2.09. The van der Waals surface area contributed by atoms with Gasteiger partial charge in [-0.3, -0.25) is 4.99 Å². The number of hydrogen-bond donors (Lipinski definition) is 1. The summed E-state index contributed by atoms with van der Waals surface area (Å²) < 4.78 is 42.6. The van der Waals surface area contributed by atoms with Crippen molar-refractivity contribution >= 4 is 5.90 Å². The summed E-state index contributed by atoms with van der Waals surface area (Å²) in [6.07, 6.45) is -2.97. The minimum absolute atomic E-state index is 0.0583. The van der Waals surface area contributed by atoms with Crippen LogP contribution in [0.2, 0.25) is 0 Å². The van der Waals surface area contributed by atoms with Crippen LogP contribution in [0.5, 0.6) is 5.75 Å². The first-order chi connectivity index (χ1) is 8.32. The zero-order valence-electron chi connectivity index (χ0n) is 9.95. The van der Waals surface area contributed by atoms with Crippen molar-refractivity contribution in [1.82, 2.24) is 0 Å². The summed E-state index contributed by atoms with van der Waals surface area (Å²) in [7, 11) is 1.46. The summed E-state index contributed by atoms with van der Waals surface area (Å²) in [6, 6.07) is 4.56. The van der Waals surface area contributed by atoms with Gasteiger partial charge in [0.05, 0.1) is 5.56 Å². The van der Waals surface area contributed by atoms with E-state index in [-0.39, 0.29) is 11.6 Å². The van der Waals surface area contributed by atoms with Crippen molar-refractivity contribution in [2.75, 3.05) is 7.05 Å². The van der Waals surface area contributed by atoms with Crippen LogP contribution in [0.3, 0.4) is 0 Å². The van der Waals surface area contributed by atoms with Crippen LogP contribution >= 0.6 is 0 Å². The summed E-state index contributed by atoms with van der Waals surface area (Å²) in [4.78, 5) is 3.77. The highest BCUT2D eigenvalue weighted by Gasteiger charge is 2.30. The third-order valence-corrected chi connectivity index (χ3v) is 1.96. The molecule has 0 aliphatic carbocycles. The molecule has 0 radical (unpaired) electrons. The predicted molar refractivity (Wildman–Crippen MR) is 63.4 cm³/mol. The van der Waals surface area contributed by atoms with Gasteiger partial charge >= 0.3 is 6.18 Å². The normalized spacial score (nSPS) is 13.6. The lowest BCUT2D eigenvalue weighted by Crippen LogP contribution is -2.09. The van der Waals surface area contributed by atoms with Gasteiger partial charge in [-0.2, -0.15) is 13.2 Å². The molecule has 0 spiro atoms. The molecule has 18 heavy (non-hydrogen) atoms. The Morgan fingerprint density at radius 3 is 2.56 bits per heavy atom. The van der Waals surface area contributed by atoms with Gasteiger partial charge in [0.2, 0.25) is 5.90 Å². The molecular formula is C12H13F3N2O. The second-order valence-corrected chi connectivity index (χ2v) is 3.58. The first-order valence-corrected chi connectivity index (χ1v) is 5.08. The average Bonchev–Trinajstić information content (AvgIpc) is 2.26. The smallest absolute Gasteiger partial charge is 0.416 e. The van der Waals surface area contributed by atoms with Gasteiger partial charge in [-0.1, -0.05) is 6.07 Å². The van der Waals surface area contributed by atoms with E-state index in [1.165, 1.54) is 25.3 Å². The fourth-order valence-electron chi connectivity index (χ4n) is 1.19. The molecule has 2 N–H and O–H groups in total.